The Morgan fingerprint density at radius 3 is 2.21 bits per heavy atom. The van der Waals surface area contributed by atoms with E-state index in [0.717, 1.165) is 28.9 Å². The number of aromatic nitrogens is 2. The van der Waals surface area contributed by atoms with E-state index in [1.807, 2.05) is 0 Å². The topological polar surface area (TPSA) is 46.9 Å². The number of hydrogen-bond donors (Lipinski definition) is 1. The molecule has 4 nitrogen and oxygen atoms in total. The van der Waals surface area contributed by atoms with Crippen molar-refractivity contribution >= 4 is 11.6 Å². The maximum absolute atomic E-state index is 14.5. The number of hydrogen-bond acceptors (Lipinski definition) is 2. The molecule has 2 aromatic carbocycles. The van der Waals surface area contributed by atoms with Crippen molar-refractivity contribution in [2.24, 2.45) is 7.05 Å². The second-order valence-electron chi connectivity index (χ2n) is 6.13. The summed E-state index contributed by atoms with van der Waals surface area (Å²) in [5.74, 6) is -3.99. The van der Waals surface area contributed by atoms with E-state index >= 15 is 0 Å². The molecule has 1 aromatic heterocycles. The van der Waals surface area contributed by atoms with Crippen LogP contribution in [-0.2, 0) is 7.05 Å². The zero-order valence-electron chi connectivity index (χ0n) is 14.7. The number of alkyl halides is 2. The first-order valence-corrected chi connectivity index (χ1v) is 8.06. The lowest BCUT2D eigenvalue weighted by Crippen LogP contribution is -2.16. The van der Waals surface area contributed by atoms with E-state index < -0.39 is 41.0 Å². The van der Waals surface area contributed by atoms with Gasteiger partial charge in [0.25, 0.3) is 12.3 Å². The molecule has 0 saturated carbocycles. The summed E-state index contributed by atoms with van der Waals surface area (Å²) in [6, 6.07) is 6.52. The number of carbonyl (C=O) groups excluding carboxylic acids is 1. The van der Waals surface area contributed by atoms with Gasteiger partial charge in [-0.05, 0) is 48.9 Å². The molecule has 3 aromatic rings. The molecule has 0 aliphatic rings. The molecule has 1 N–H and O–H groups in total. The highest BCUT2D eigenvalue weighted by Gasteiger charge is 2.20. The van der Waals surface area contributed by atoms with Crippen LogP contribution < -0.4 is 5.32 Å². The molecule has 0 spiro atoms. The molecule has 0 aliphatic carbocycles. The van der Waals surface area contributed by atoms with Crippen molar-refractivity contribution in [3.8, 4) is 11.3 Å². The van der Waals surface area contributed by atoms with Crippen molar-refractivity contribution in [3.05, 3.63) is 70.7 Å². The molecule has 28 heavy (non-hydrogen) atoms. The second kappa shape index (κ2) is 7.41. The summed E-state index contributed by atoms with van der Waals surface area (Å²) in [6.45, 7) is 1.47. The first-order chi connectivity index (χ1) is 13.2. The highest BCUT2D eigenvalue weighted by molar-refractivity contribution is 6.04. The van der Waals surface area contributed by atoms with Gasteiger partial charge in [0.2, 0.25) is 0 Å². The van der Waals surface area contributed by atoms with Gasteiger partial charge >= 0.3 is 0 Å². The molecule has 0 atom stereocenters. The number of benzene rings is 2. The van der Waals surface area contributed by atoms with Crippen LogP contribution in [0.2, 0.25) is 0 Å². The minimum atomic E-state index is -2.80. The summed E-state index contributed by atoms with van der Waals surface area (Å²) in [7, 11) is 1.39. The number of rotatable bonds is 4. The Balaban J connectivity index is 1.88. The molecule has 0 unspecified atom stereocenters. The summed E-state index contributed by atoms with van der Waals surface area (Å²) in [4.78, 5) is 12.2. The predicted molar refractivity (Wildman–Crippen MR) is 92.6 cm³/mol. The maximum atomic E-state index is 14.5. The smallest absolute Gasteiger partial charge is 0.282 e. The van der Waals surface area contributed by atoms with Crippen LogP contribution in [0.1, 0.15) is 28.0 Å². The first kappa shape index (κ1) is 19.5. The van der Waals surface area contributed by atoms with Gasteiger partial charge in [-0.1, -0.05) is 0 Å². The monoisotopic (exact) mass is 395 g/mol. The molecule has 146 valence electrons. The van der Waals surface area contributed by atoms with Crippen LogP contribution >= 0.6 is 0 Å². The van der Waals surface area contributed by atoms with Gasteiger partial charge in [0.15, 0.2) is 0 Å². The molecule has 0 saturated heterocycles. The fourth-order valence-corrected chi connectivity index (χ4v) is 2.76. The molecule has 9 heteroatoms. The normalized spacial score (nSPS) is 11.1. The molecular formula is C19H14F5N3O. The number of amides is 1. The quantitative estimate of drug-likeness (QED) is 0.632. The van der Waals surface area contributed by atoms with Crippen molar-refractivity contribution in [2.75, 3.05) is 5.32 Å². The third-order valence-corrected chi connectivity index (χ3v) is 4.04. The molecular weight excluding hydrogens is 381 g/mol. The van der Waals surface area contributed by atoms with E-state index in [2.05, 4.69) is 10.4 Å². The van der Waals surface area contributed by atoms with Gasteiger partial charge in [-0.2, -0.15) is 5.10 Å². The maximum Gasteiger partial charge on any atom is 0.282 e. The fourth-order valence-electron chi connectivity index (χ4n) is 2.76. The van der Waals surface area contributed by atoms with Gasteiger partial charge in [0.05, 0.1) is 5.69 Å². The molecule has 1 amide bonds. The summed E-state index contributed by atoms with van der Waals surface area (Å²) in [6.07, 6.45) is -2.80. The van der Waals surface area contributed by atoms with Crippen molar-refractivity contribution in [1.82, 2.24) is 9.78 Å². The Kier molecular flexibility index (Phi) is 5.17. The number of halogens is 5. The van der Waals surface area contributed by atoms with Crippen LogP contribution in [0.5, 0.6) is 0 Å². The van der Waals surface area contributed by atoms with Gasteiger partial charge in [0, 0.05) is 18.3 Å². The SMILES string of the molecule is Cc1cc(F)c(C(=O)Nc2ccc(-c3cc(C(F)F)nn3C)c(F)c2)c(F)c1. The van der Waals surface area contributed by atoms with Crippen LogP contribution in [-0.4, -0.2) is 15.7 Å². The number of nitrogens with one attached hydrogen (secondary N) is 1. The van der Waals surface area contributed by atoms with Crippen LogP contribution in [0.4, 0.5) is 27.6 Å². The molecule has 0 fully saturated rings. The van der Waals surface area contributed by atoms with Crippen molar-refractivity contribution in [2.45, 2.75) is 13.3 Å². The zero-order chi connectivity index (χ0) is 20.6. The van der Waals surface area contributed by atoms with Crippen LogP contribution in [0.15, 0.2) is 36.4 Å². The summed E-state index contributed by atoms with van der Waals surface area (Å²) in [5.41, 5.74) is -0.944. The van der Waals surface area contributed by atoms with Gasteiger partial charge < -0.3 is 5.32 Å². The van der Waals surface area contributed by atoms with E-state index in [1.165, 1.54) is 26.1 Å². The van der Waals surface area contributed by atoms with Crippen molar-refractivity contribution in [3.63, 3.8) is 0 Å². The van der Waals surface area contributed by atoms with E-state index in [9.17, 15) is 26.7 Å². The Morgan fingerprint density at radius 1 is 1.04 bits per heavy atom. The van der Waals surface area contributed by atoms with Crippen LogP contribution in [0.25, 0.3) is 11.3 Å². The fraction of sp³-hybridized carbons (Fsp3) is 0.158. The lowest BCUT2D eigenvalue weighted by atomic mass is 10.1. The largest absolute Gasteiger partial charge is 0.322 e. The Labute approximate surface area is 156 Å². The van der Waals surface area contributed by atoms with E-state index in [1.54, 1.807) is 0 Å². The summed E-state index contributed by atoms with van der Waals surface area (Å²) in [5, 5.41) is 5.83. The number of nitrogens with zero attached hydrogens (tertiary/aromatic N) is 2. The summed E-state index contributed by atoms with van der Waals surface area (Å²) < 4.78 is 68.9. The number of anilines is 1. The zero-order valence-corrected chi connectivity index (χ0v) is 14.7. The molecule has 3 rings (SSSR count). The number of aryl methyl sites for hydroxylation is 2. The molecule has 0 aliphatic heterocycles. The van der Waals surface area contributed by atoms with Crippen molar-refractivity contribution in [1.29, 1.82) is 0 Å². The highest BCUT2D eigenvalue weighted by atomic mass is 19.3. The third-order valence-electron chi connectivity index (χ3n) is 4.04. The standard InChI is InChI=1S/C19H14F5N3O/c1-9-5-13(21)17(14(22)6-9)19(28)25-10-3-4-11(12(20)7-10)16-8-15(18(23)24)26-27(16)2/h3-8,18H,1-2H3,(H,25,28). The van der Waals surface area contributed by atoms with E-state index in [0.29, 0.717) is 5.56 Å². The minimum absolute atomic E-state index is 0.0207. The Morgan fingerprint density at radius 2 is 1.68 bits per heavy atom. The summed E-state index contributed by atoms with van der Waals surface area (Å²) >= 11 is 0. The van der Waals surface area contributed by atoms with Crippen molar-refractivity contribution < 1.29 is 26.7 Å². The van der Waals surface area contributed by atoms with Gasteiger partial charge in [-0.25, -0.2) is 22.0 Å². The number of carbonyl (C=O) groups is 1. The Hall–Kier alpha value is -3.23. The van der Waals surface area contributed by atoms with Gasteiger partial charge in [-0.3, -0.25) is 9.48 Å². The van der Waals surface area contributed by atoms with E-state index in [4.69, 9.17) is 0 Å². The molecule has 0 bridgehead atoms. The van der Waals surface area contributed by atoms with Gasteiger partial charge in [-0.15, -0.1) is 0 Å². The first-order valence-electron chi connectivity index (χ1n) is 8.06. The van der Waals surface area contributed by atoms with E-state index in [-0.39, 0.29) is 16.9 Å². The Bertz CT molecular complexity index is 1040. The minimum Gasteiger partial charge on any atom is -0.322 e. The van der Waals surface area contributed by atoms with Crippen LogP contribution in [0, 0.1) is 24.4 Å². The van der Waals surface area contributed by atoms with Crippen LogP contribution in [0.3, 0.4) is 0 Å². The second-order valence-corrected chi connectivity index (χ2v) is 6.13. The third kappa shape index (κ3) is 3.73. The highest BCUT2D eigenvalue weighted by Crippen LogP contribution is 2.29. The predicted octanol–water partition coefficient (Wildman–Crippen LogP) is 5.00. The average molecular weight is 395 g/mol. The van der Waals surface area contributed by atoms with Gasteiger partial charge in [0.1, 0.15) is 28.7 Å². The lowest BCUT2D eigenvalue weighted by Gasteiger charge is -2.10. The molecule has 0 radical (unpaired) electrons. The average Bonchev–Trinajstić information content (AvgIpc) is 2.96. The lowest BCUT2D eigenvalue weighted by molar-refractivity contribution is 0.101. The molecule has 1 heterocycles.